The van der Waals surface area contributed by atoms with Crippen LogP contribution >= 0.6 is 15.9 Å². The van der Waals surface area contributed by atoms with E-state index in [0.717, 1.165) is 10.0 Å². The molecule has 0 unspecified atom stereocenters. The fraction of sp³-hybridized carbons (Fsp3) is 0.111. The summed E-state index contributed by atoms with van der Waals surface area (Å²) in [6.07, 6.45) is 0. The Morgan fingerprint density at radius 2 is 1.70 bits per heavy atom. The summed E-state index contributed by atoms with van der Waals surface area (Å²) in [7, 11) is 0. The summed E-state index contributed by atoms with van der Waals surface area (Å²) in [5.41, 5.74) is 2.56. The number of allylic oxidation sites excluding steroid dienone is 1. The zero-order valence-corrected chi connectivity index (χ0v) is 14.1. The summed E-state index contributed by atoms with van der Waals surface area (Å²) < 4.78 is 0.846. The summed E-state index contributed by atoms with van der Waals surface area (Å²) >= 11 is 3.50. The van der Waals surface area contributed by atoms with Crippen LogP contribution in [0.5, 0.6) is 0 Å². The lowest BCUT2D eigenvalue weighted by Gasteiger charge is -2.29. The molecule has 4 nitrogen and oxygen atoms in total. The lowest BCUT2D eigenvalue weighted by atomic mass is 9.90. The van der Waals surface area contributed by atoms with Gasteiger partial charge in [0.1, 0.15) is 0 Å². The Bertz CT molecular complexity index is 800. The normalized spacial score (nSPS) is 17.5. The molecule has 5 heteroatoms. The van der Waals surface area contributed by atoms with E-state index in [9.17, 15) is 9.59 Å². The largest absolute Gasteiger partial charge is 0.327 e. The third-order valence-corrected chi connectivity index (χ3v) is 4.49. The van der Waals surface area contributed by atoms with E-state index in [1.165, 1.54) is 0 Å². The average Bonchev–Trinajstić information content (AvgIpc) is 2.55. The van der Waals surface area contributed by atoms with Crippen molar-refractivity contribution in [3.05, 3.63) is 81.5 Å². The summed E-state index contributed by atoms with van der Waals surface area (Å²) in [5.74, 6) is -0.101. The molecule has 0 spiro atoms. The molecule has 116 valence electrons. The third kappa shape index (κ3) is 3.05. The SMILES string of the molecule is CC1=C(C(=O)c2ccccc2)[C@H](c2ccccc2Br)NC(=O)N1. The van der Waals surface area contributed by atoms with Crippen molar-refractivity contribution >= 4 is 27.7 Å². The topological polar surface area (TPSA) is 58.2 Å². The predicted molar refractivity (Wildman–Crippen MR) is 92.0 cm³/mol. The van der Waals surface area contributed by atoms with Gasteiger partial charge in [-0.2, -0.15) is 0 Å². The van der Waals surface area contributed by atoms with Gasteiger partial charge in [-0.25, -0.2) is 4.79 Å². The quantitative estimate of drug-likeness (QED) is 0.803. The van der Waals surface area contributed by atoms with Crippen molar-refractivity contribution in [2.45, 2.75) is 13.0 Å². The first kappa shape index (κ1) is 15.5. The lowest BCUT2D eigenvalue weighted by molar-refractivity contribution is 0.102. The number of carbonyl (C=O) groups excluding carboxylic acids is 2. The van der Waals surface area contributed by atoms with Gasteiger partial charge in [0, 0.05) is 21.3 Å². The fourth-order valence-electron chi connectivity index (χ4n) is 2.68. The highest BCUT2D eigenvalue weighted by molar-refractivity contribution is 9.10. The van der Waals surface area contributed by atoms with Crippen molar-refractivity contribution in [3.8, 4) is 0 Å². The van der Waals surface area contributed by atoms with E-state index < -0.39 is 6.04 Å². The van der Waals surface area contributed by atoms with Crippen molar-refractivity contribution in [1.29, 1.82) is 0 Å². The number of rotatable bonds is 3. The van der Waals surface area contributed by atoms with Crippen molar-refractivity contribution in [1.82, 2.24) is 10.6 Å². The van der Waals surface area contributed by atoms with Crippen molar-refractivity contribution in [2.75, 3.05) is 0 Å². The maximum Gasteiger partial charge on any atom is 0.319 e. The molecular weight excluding hydrogens is 356 g/mol. The molecule has 0 fully saturated rings. The molecule has 1 heterocycles. The number of ketones is 1. The number of benzene rings is 2. The molecule has 0 saturated heterocycles. The Hall–Kier alpha value is -2.40. The van der Waals surface area contributed by atoms with Gasteiger partial charge in [-0.15, -0.1) is 0 Å². The predicted octanol–water partition coefficient (Wildman–Crippen LogP) is 3.96. The number of halogens is 1. The van der Waals surface area contributed by atoms with E-state index in [4.69, 9.17) is 0 Å². The molecule has 0 aromatic heterocycles. The maximum atomic E-state index is 12.9. The molecule has 2 aromatic carbocycles. The lowest BCUT2D eigenvalue weighted by Crippen LogP contribution is -2.45. The van der Waals surface area contributed by atoms with Gasteiger partial charge >= 0.3 is 6.03 Å². The smallest absolute Gasteiger partial charge is 0.319 e. The molecule has 2 amide bonds. The number of hydrogen-bond donors (Lipinski definition) is 2. The van der Waals surface area contributed by atoms with Crippen LogP contribution in [-0.2, 0) is 0 Å². The number of urea groups is 1. The molecular formula is C18H15BrN2O2. The van der Waals surface area contributed by atoms with Crippen LogP contribution in [-0.4, -0.2) is 11.8 Å². The Labute approximate surface area is 142 Å². The second-order valence-corrected chi connectivity index (χ2v) is 6.14. The van der Waals surface area contributed by atoms with E-state index in [2.05, 4.69) is 26.6 Å². The van der Waals surface area contributed by atoms with E-state index in [1.807, 2.05) is 42.5 Å². The molecule has 0 saturated carbocycles. The van der Waals surface area contributed by atoms with E-state index in [-0.39, 0.29) is 11.8 Å². The number of amides is 2. The third-order valence-electron chi connectivity index (χ3n) is 3.77. The minimum atomic E-state index is -0.493. The van der Waals surface area contributed by atoms with Gasteiger partial charge in [0.25, 0.3) is 0 Å². The molecule has 0 radical (unpaired) electrons. The van der Waals surface area contributed by atoms with E-state index >= 15 is 0 Å². The number of carbonyl (C=O) groups is 2. The van der Waals surface area contributed by atoms with Crippen molar-refractivity contribution < 1.29 is 9.59 Å². The minimum absolute atomic E-state index is 0.101. The molecule has 1 aliphatic heterocycles. The van der Waals surface area contributed by atoms with Crippen LogP contribution in [0.25, 0.3) is 0 Å². The number of nitrogens with one attached hydrogen (secondary N) is 2. The van der Waals surface area contributed by atoms with Gasteiger partial charge in [-0.05, 0) is 18.6 Å². The standard InChI is InChI=1S/C18H15BrN2O2/c1-11-15(17(22)12-7-3-2-4-8-12)16(21-18(23)20-11)13-9-5-6-10-14(13)19/h2-10,16H,1H3,(H2,20,21,23)/t16-/m0/s1. The van der Waals surface area contributed by atoms with Gasteiger partial charge in [0.15, 0.2) is 5.78 Å². The molecule has 0 bridgehead atoms. The van der Waals surface area contributed by atoms with Crippen LogP contribution in [0.15, 0.2) is 70.3 Å². The summed E-state index contributed by atoms with van der Waals surface area (Å²) in [6, 6.07) is 15.8. The van der Waals surface area contributed by atoms with Gasteiger partial charge in [0.2, 0.25) is 0 Å². The molecule has 23 heavy (non-hydrogen) atoms. The summed E-state index contributed by atoms with van der Waals surface area (Å²) in [5, 5.41) is 5.54. The highest BCUT2D eigenvalue weighted by atomic mass is 79.9. The van der Waals surface area contributed by atoms with Gasteiger partial charge in [0.05, 0.1) is 6.04 Å². The van der Waals surface area contributed by atoms with Crippen LogP contribution in [0.4, 0.5) is 4.79 Å². The molecule has 3 rings (SSSR count). The van der Waals surface area contributed by atoms with Crippen LogP contribution in [0.2, 0.25) is 0 Å². The first-order chi connectivity index (χ1) is 11.1. The minimum Gasteiger partial charge on any atom is -0.327 e. The Kier molecular flexibility index (Phi) is 4.30. The fourth-order valence-corrected chi connectivity index (χ4v) is 3.20. The maximum absolute atomic E-state index is 12.9. The number of Topliss-reactive ketones (excluding diaryl/α,β-unsaturated/α-hetero) is 1. The highest BCUT2D eigenvalue weighted by Gasteiger charge is 2.32. The molecule has 1 aliphatic rings. The van der Waals surface area contributed by atoms with Crippen LogP contribution in [0.1, 0.15) is 28.9 Å². The summed E-state index contributed by atoms with van der Waals surface area (Å²) in [6.45, 7) is 1.75. The van der Waals surface area contributed by atoms with Gasteiger partial charge < -0.3 is 10.6 Å². The van der Waals surface area contributed by atoms with Gasteiger partial charge in [-0.1, -0.05) is 64.5 Å². The molecule has 1 atom stereocenters. The van der Waals surface area contributed by atoms with Gasteiger partial charge in [-0.3, -0.25) is 4.79 Å². The van der Waals surface area contributed by atoms with E-state index in [1.54, 1.807) is 19.1 Å². The zero-order valence-electron chi connectivity index (χ0n) is 12.5. The zero-order chi connectivity index (χ0) is 16.4. The average molecular weight is 371 g/mol. The Morgan fingerprint density at radius 1 is 1.04 bits per heavy atom. The van der Waals surface area contributed by atoms with Crippen molar-refractivity contribution in [2.24, 2.45) is 0 Å². The van der Waals surface area contributed by atoms with E-state index in [0.29, 0.717) is 16.8 Å². The molecule has 0 aliphatic carbocycles. The first-order valence-electron chi connectivity index (χ1n) is 7.20. The monoisotopic (exact) mass is 370 g/mol. The Balaban J connectivity index is 2.10. The Morgan fingerprint density at radius 3 is 2.39 bits per heavy atom. The second-order valence-electron chi connectivity index (χ2n) is 5.29. The molecule has 2 aromatic rings. The summed E-state index contributed by atoms with van der Waals surface area (Å²) in [4.78, 5) is 24.8. The second kappa shape index (κ2) is 6.38. The van der Waals surface area contributed by atoms with Crippen LogP contribution < -0.4 is 10.6 Å². The van der Waals surface area contributed by atoms with Crippen molar-refractivity contribution in [3.63, 3.8) is 0 Å². The van der Waals surface area contributed by atoms with Crippen LogP contribution in [0.3, 0.4) is 0 Å². The molecule has 2 N–H and O–H groups in total. The highest BCUT2D eigenvalue weighted by Crippen LogP contribution is 2.33. The first-order valence-corrected chi connectivity index (χ1v) is 7.99. The van der Waals surface area contributed by atoms with Crippen LogP contribution in [0, 0.1) is 0 Å². The number of hydrogen-bond acceptors (Lipinski definition) is 2.